The molecule has 5 heterocycles. The van der Waals surface area contributed by atoms with Crippen molar-refractivity contribution in [2.24, 2.45) is 0 Å². The number of fused-ring (bicyclic) bond motifs is 12. The summed E-state index contributed by atoms with van der Waals surface area (Å²) in [5.41, 5.74) is 13.9. The van der Waals surface area contributed by atoms with Crippen LogP contribution < -0.4 is 0 Å². The second-order valence-corrected chi connectivity index (χ2v) is 23.8. The summed E-state index contributed by atoms with van der Waals surface area (Å²) >= 11 is 33.5. The summed E-state index contributed by atoms with van der Waals surface area (Å²) < 4.78 is 6.54. The zero-order valence-corrected chi connectivity index (χ0v) is 51.1. The first kappa shape index (κ1) is 49.6. The molecule has 8 aromatic carbocycles. The quantitative estimate of drug-likeness (QED) is 0.184. The fraction of sp³-hybridized carbons (Fsp3) is 0. The minimum Gasteiger partial charge on any atom is -0.352 e. The Kier molecular flexibility index (Phi) is 13.4. The van der Waals surface area contributed by atoms with Crippen molar-refractivity contribution in [3.05, 3.63) is 211 Å². The van der Waals surface area contributed by atoms with E-state index in [1.165, 1.54) is 0 Å². The van der Waals surface area contributed by atoms with Crippen molar-refractivity contribution >= 4 is 211 Å². The van der Waals surface area contributed by atoms with Gasteiger partial charge in [0.25, 0.3) is 0 Å². The van der Waals surface area contributed by atoms with Crippen LogP contribution in [0.25, 0.3) is 128 Å². The van der Waals surface area contributed by atoms with E-state index >= 15 is 0 Å². The molecule has 0 saturated carbocycles. The van der Waals surface area contributed by atoms with Crippen molar-refractivity contribution in [3.63, 3.8) is 0 Å². The number of benzene rings is 8. The van der Waals surface area contributed by atoms with Crippen LogP contribution in [0.2, 0.25) is 0 Å². The molecule has 3 aromatic heterocycles. The summed E-state index contributed by atoms with van der Waals surface area (Å²) in [6, 6.07) is 59.9. The Balaban J connectivity index is 0.00000543. The van der Waals surface area contributed by atoms with E-state index in [1.807, 2.05) is 0 Å². The van der Waals surface area contributed by atoms with Crippen LogP contribution in [0, 0.1) is 0 Å². The minimum atomic E-state index is 0. The van der Waals surface area contributed by atoms with Crippen LogP contribution in [0.4, 0.5) is 0 Å². The normalized spacial score (nSPS) is 12.7. The van der Waals surface area contributed by atoms with E-state index < -0.39 is 0 Å². The van der Waals surface area contributed by atoms with Gasteiger partial charge in [0.15, 0.2) is 0 Å². The number of hydrogen-bond donors (Lipinski definition) is 2. The number of nitrogens with one attached hydrogen (secondary N) is 2. The summed E-state index contributed by atoms with van der Waals surface area (Å²) in [5, 5.41) is 8.77. The van der Waals surface area contributed by atoms with Gasteiger partial charge in [0.2, 0.25) is 0 Å². The Morgan fingerprint density at radius 3 is 0.699 bits per heavy atom. The molecule has 8 bridgehead atoms. The molecule has 4 nitrogen and oxygen atoms in total. The van der Waals surface area contributed by atoms with Crippen molar-refractivity contribution < 1.29 is 16.8 Å². The molecule has 0 unspecified atom stereocenters. The molecule has 0 atom stereocenters. The number of aromatic nitrogens is 4. The monoisotopic (exact) mass is 1500 g/mol. The number of H-pyrrole nitrogens is 2. The Hall–Kier alpha value is -4.25. The molecule has 11 aromatic rings. The van der Waals surface area contributed by atoms with Gasteiger partial charge in [-0.3, -0.25) is 0 Å². The summed E-state index contributed by atoms with van der Waals surface area (Å²) in [6.07, 6.45) is 0. The molecule has 2 aliphatic rings. The number of nitrogens with zero attached hydrogens (tertiary/aromatic N) is 2. The molecule has 1 radical (unpaired) electrons. The van der Waals surface area contributed by atoms with E-state index in [9.17, 15) is 0 Å². The molecular formula is C60H30Br8CoN4+2. The average molecular weight is 1510 g/mol. The summed E-state index contributed by atoms with van der Waals surface area (Å²) in [5.74, 6) is 0. The van der Waals surface area contributed by atoms with Gasteiger partial charge in [-0.25, -0.2) is 9.97 Å². The van der Waals surface area contributed by atoms with Crippen molar-refractivity contribution in [1.29, 1.82) is 0 Å². The second-order valence-electron chi connectivity index (χ2n) is 17.5. The number of halogens is 8. The first-order valence-electron chi connectivity index (χ1n) is 22.7. The first-order chi connectivity index (χ1) is 35.1. The van der Waals surface area contributed by atoms with Crippen LogP contribution in [-0.2, 0) is 16.8 Å². The van der Waals surface area contributed by atoms with Crippen LogP contribution in [0.1, 0.15) is 22.8 Å². The van der Waals surface area contributed by atoms with Gasteiger partial charge in [-0.15, -0.1) is 0 Å². The zero-order chi connectivity index (χ0) is 49.1. The number of aromatic amines is 2. The SMILES string of the molecule is BrC1=C(Br)c2nc1c(-c1cccc3ccccc13)c1[nH]c(c(Br)c1Br)c(-c1cccc3ccccc13)c1nc(c(-c3cccc4ccccc34)c3[nH]c(c(Br)c3Br)c2-c2cccc3ccccc23)C(Br)=C1Br.[Co+2]. The van der Waals surface area contributed by atoms with E-state index in [0.29, 0.717) is 0 Å². The summed E-state index contributed by atoms with van der Waals surface area (Å²) in [7, 11) is 0. The maximum absolute atomic E-state index is 5.83. The van der Waals surface area contributed by atoms with Gasteiger partial charge >= 0.3 is 16.8 Å². The molecule has 353 valence electrons. The molecule has 13 rings (SSSR count). The third kappa shape index (κ3) is 7.96. The third-order valence-corrected chi connectivity index (χ3v) is 22.0. The summed E-state index contributed by atoms with van der Waals surface area (Å²) in [4.78, 5) is 19.8. The fourth-order valence-corrected chi connectivity index (χ4v) is 14.3. The number of hydrogen-bond acceptors (Lipinski definition) is 2. The fourth-order valence-electron chi connectivity index (χ4n) is 10.4. The Morgan fingerprint density at radius 1 is 0.260 bits per heavy atom. The van der Waals surface area contributed by atoms with Gasteiger partial charge in [0.1, 0.15) is 0 Å². The first-order valence-corrected chi connectivity index (χ1v) is 29.0. The van der Waals surface area contributed by atoms with E-state index in [2.05, 4.69) is 307 Å². The standard InChI is InChI=1S/C60H30Br8N4.Co/c61-45-47(63)55-42(38-26-10-18-30-14-2-6-22-34(30)38)57-49(65)51(67)59(71-57)44(40-28-12-20-32-16-4-8-24-36(32)40)60-52(68)50(66)58(72-60)43(39-27-11-19-31-15-3-7-23-35(31)39)56-48(64)46(62)54(70-56)41(53(45)69-55)37-25-9-17-29-13-1-5-21-33(29)37;/h1-28,69,72H;/q;+2. The van der Waals surface area contributed by atoms with Gasteiger partial charge in [-0.1, -0.05) is 170 Å². The van der Waals surface area contributed by atoms with Gasteiger partial charge in [0, 0.05) is 22.3 Å². The van der Waals surface area contributed by atoms with Crippen molar-refractivity contribution in [2.75, 3.05) is 0 Å². The predicted octanol–water partition coefficient (Wildman–Crippen LogP) is 21.9. The van der Waals surface area contributed by atoms with Gasteiger partial charge in [-0.2, -0.15) is 0 Å². The third-order valence-electron chi connectivity index (χ3n) is 13.6. The predicted molar refractivity (Wildman–Crippen MR) is 333 cm³/mol. The van der Waals surface area contributed by atoms with Crippen LogP contribution in [0.3, 0.4) is 0 Å². The molecule has 0 fully saturated rings. The van der Waals surface area contributed by atoms with E-state index in [0.717, 1.165) is 168 Å². The Labute approximate surface area is 496 Å². The van der Waals surface area contributed by atoms with E-state index in [1.54, 1.807) is 0 Å². The van der Waals surface area contributed by atoms with Crippen LogP contribution in [-0.4, -0.2) is 19.9 Å². The minimum absolute atomic E-state index is 0. The van der Waals surface area contributed by atoms with E-state index in [4.69, 9.17) is 9.97 Å². The van der Waals surface area contributed by atoms with Gasteiger partial charge in [0.05, 0.1) is 80.7 Å². The smallest absolute Gasteiger partial charge is 0.352 e. The van der Waals surface area contributed by atoms with Gasteiger partial charge in [-0.05, 0) is 193 Å². The molecule has 2 N–H and O–H groups in total. The van der Waals surface area contributed by atoms with E-state index in [-0.39, 0.29) is 16.8 Å². The molecule has 0 saturated heterocycles. The Bertz CT molecular complexity index is 3880. The molecular weight excluding hydrogens is 1470 g/mol. The largest absolute Gasteiger partial charge is 2.00 e. The topological polar surface area (TPSA) is 57.4 Å². The molecule has 13 heteroatoms. The van der Waals surface area contributed by atoms with Crippen LogP contribution >= 0.6 is 127 Å². The van der Waals surface area contributed by atoms with Crippen molar-refractivity contribution in [3.8, 4) is 44.5 Å². The van der Waals surface area contributed by atoms with Crippen molar-refractivity contribution in [2.45, 2.75) is 0 Å². The van der Waals surface area contributed by atoms with Crippen LogP contribution in [0.5, 0.6) is 0 Å². The molecule has 0 spiro atoms. The molecule has 0 aliphatic carbocycles. The molecule has 73 heavy (non-hydrogen) atoms. The van der Waals surface area contributed by atoms with Crippen LogP contribution in [0.15, 0.2) is 188 Å². The number of rotatable bonds is 4. The second kappa shape index (κ2) is 19.7. The van der Waals surface area contributed by atoms with Crippen molar-refractivity contribution in [1.82, 2.24) is 19.9 Å². The Morgan fingerprint density at radius 2 is 0.466 bits per heavy atom. The maximum Gasteiger partial charge on any atom is 2.00 e. The maximum atomic E-state index is 5.83. The summed E-state index contributed by atoms with van der Waals surface area (Å²) in [6.45, 7) is 0. The van der Waals surface area contributed by atoms with Gasteiger partial charge < -0.3 is 9.97 Å². The molecule has 0 amide bonds. The average Bonchev–Trinajstić information content (AvgIpc) is 4.07. The zero-order valence-electron chi connectivity index (χ0n) is 37.4. The molecule has 2 aliphatic heterocycles.